The van der Waals surface area contributed by atoms with E-state index in [9.17, 15) is 4.79 Å². The van der Waals surface area contributed by atoms with Crippen molar-refractivity contribution >= 4 is 30.8 Å². The molecule has 0 atom stereocenters. The van der Waals surface area contributed by atoms with Crippen molar-refractivity contribution in [2.24, 2.45) is 0 Å². The summed E-state index contributed by atoms with van der Waals surface area (Å²) in [5.74, 6) is -0.321. The molecule has 1 aromatic rings. The van der Waals surface area contributed by atoms with Crippen LogP contribution in [-0.2, 0) is 17.7 Å². The molecule has 1 N–H and O–H groups in total. The predicted octanol–water partition coefficient (Wildman–Crippen LogP) is 1.36. The molecule has 0 aliphatic carbocycles. The van der Waals surface area contributed by atoms with Crippen molar-refractivity contribution in [1.29, 1.82) is 0 Å². The van der Waals surface area contributed by atoms with Crippen LogP contribution in [0.3, 0.4) is 0 Å². The minimum absolute atomic E-state index is 0. The fraction of sp³-hybridized carbons (Fsp3) is 0.400. The van der Waals surface area contributed by atoms with Gasteiger partial charge in [-0.25, -0.2) is 4.79 Å². The minimum atomic E-state index is -0.321. The van der Waals surface area contributed by atoms with Gasteiger partial charge < -0.3 is 10.1 Å². The summed E-state index contributed by atoms with van der Waals surface area (Å²) in [6.07, 6.45) is 2.49. The minimum Gasteiger partial charge on any atom is -0.465 e. The number of nitrogens with one attached hydrogen (secondary N) is 1. The first kappa shape index (κ1) is 15.2. The normalized spacial score (nSPS) is 12.8. The first-order valence-corrected chi connectivity index (χ1v) is 4.58. The maximum atomic E-state index is 11.2. The fourth-order valence-electron chi connectivity index (χ4n) is 1.57. The van der Waals surface area contributed by atoms with Crippen LogP contribution in [0.4, 0.5) is 0 Å². The second-order valence-corrected chi connectivity index (χ2v) is 3.25. The number of esters is 1. The zero-order valence-electron chi connectivity index (χ0n) is 8.86. The lowest BCUT2D eigenvalue weighted by atomic mass is 10.0. The molecule has 16 heavy (non-hydrogen) atoms. The topological polar surface area (TPSA) is 51.2 Å². The molecule has 1 aromatic heterocycles. The number of fused-ring (bicyclic) bond motifs is 1. The Hall–Kier alpha value is -0.840. The van der Waals surface area contributed by atoms with E-state index in [4.69, 9.17) is 0 Å². The second-order valence-electron chi connectivity index (χ2n) is 3.25. The van der Waals surface area contributed by atoms with Crippen LogP contribution in [0.2, 0.25) is 0 Å². The number of carbonyl (C=O) groups is 1. The standard InChI is InChI=1S/C10H12N2O2.2ClH/c1-14-10(13)8-4-7-2-3-11-6-9(7)12-5-8;;/h4-5,11H,2-3,6H2,1H3;2*1H. The van der Waals surface area contributed by atoms with Crippen LogP contribution in [0.5, 0.6) is 0 Å². The summed E-state index contributed by atoms with van der Waals surface area (Å²) in [5, 5.41) is 3.22. The van der Waals surface area contributed by atoms with E-state index in [-0.39, 0.29) is 30.8 Å². The van der Waals surface area contributed by atoms with E-state index < -0.39 is 0 Å². The lowest BCUT2D eigenvalue weighted by molar-refractivity contribution is 0.0600. The van der Waals surface area contributed by atoms with Gasteiger partial charge >= 0.3 is 5.97 Å². The number of carbonyl (C=O) groups excluding carboxylic acids is 1. The van der Waals surface area contributed by atoms with Crippen LogP contribution in [0.15, 0.2) is 12.3 Å². The van der Waals surface area contributed by atoms with Crippen LogP contribution in [0.1, 0.15) is 21.6 Å². The Labute approximate surface area is 107 Å². The van der Waals surface area contributed by atoms with Gasteiger partial charge in [0, 0.05) is 12.7 Å². The maximum absolute atomic E-state index is 11.2. The summed E-state index contributed by atoms with van der Waals surface area (Å²) < 4.78 is 4.63. The van der Waals surface area contributed by atoms with Gasteiger partial charge in [-0.15, -0.1) is 24.8 Å². The summed E-state index contributed by atoms with van der Waals surface area (Å²) >= 11 is 0. The van der Waals surface area contributed by atoms with E-state index in [1.54, 1.807) is 6.20 Å². The third-order valence-electron chi connectivity index (χ3n) is 2.34. The van der Waals surface area contributed by atoms with Gasteiger partial charge in [-0.05, 0) is 24.6 Å². The van der Waals surface area contributed by atoms with Gasteiger partial charge in [0.15, 0.2) is 0 Å². The highest BCUT2D eigenvalue weighted by Gasteiger charge is 2.13. The van der Waals surface area contributed by atoms with E-state index >= 15 is 0 Å². The maximum Gasteiger partial charge on any atom is 0.339 e. The lowest BCUT2D eigenvalue weighted by Gasteiger charge is -2.16. The van der Waals surface area contributed by atoms with E-state index in [2.05, 4.69) is 15.0 Å². The molecular formula is C10H14Cl2N2O2. The number of methoxy groups -OCH3 is 1. The van der Waals surface area contributed by atoms with Crippen molar-refractivity contribution < 1.29 is 9.53 Å². The molecule has 2 rings (SSSR count). The second kappa shape index (κ2) is 6.68. The Bertz CT molecular complexity index is 372. The molecule has 0 amide bonds. The van der Waals surface area contributed by atoms with E-state index in [1.165, 1.54) is 7.11 Å². The number of nitrogens with zero attached hydrogens (tertiary/aromatic N) is 1. The third kappa shape index (κ3) is 3.07. The molecule has 1 aliphatic rings. The molecule has 0 unspecified atom stereocenters. The van der Waals surface area contributed by atoms with Crippen LogP contribution in [0, 0.1) is 0 Å². The molecule has 0 aromatic carbocycles. The van der Waals surface area contributed by atoms with Crippen LogP contribution < -0.4 is 5.32 Å². The van der Waals surface area contributed by atoms with Gasteiger partial charge in [-0.1, -0.05) is 0 Å². The molecular weight excluding hydrogens is 251 g/mol. The van der Waals surface area contributed by atoms with E-state index in [1.807, 2.05) is 6.07 Å². The molecule has 0 bridgehead atoms. The Kier molecular flexibility index (Phi) is 6.33. The number of hydrogen-bond acceptors (Lipinski definition) is 4. The molecule has 90 valence electrons. The van der Waals surface area contributed by atoms with Crippen molar-refractivity contribution in [3.8, 4) is 0 Å². The SMILES string of the molecule is COC(=O)c1cnc2c(c1)CCNC2.Cl.Cl. The van der Waals surface area contributed by atoms with E-state index in [0.717, 1.165) is 30.8 Å². The van der Waals surface area contributed by atoms with Gasteiger partial charge in [0.25, 0.3) is 0 Å². The fourth-order valence-corrected chi connectivity index (χ4v) is 1.57. The van der Waals surface area contributed by atoms with Crippen LogP contribution in [-0.4, -0.2) is 24.6 Å². The summed E-state index contributed by atoms with van der Waals surface area (Å²) in [4.78, 5) is 15.4. The van der Waals surface area contributed by atoms with Crippen molar-refractivity contribution in [3.05, 3.63) is 29.1 Å². The molecule has 0 saturated carbocycles. The number of hydrogen-bond donors (Lipinski definition) is 1. The summed E-state index contributed by atoms with van der Waals surface area (Å²) in [6.45, 7) is 1.73. The molecule has 0 saturated heterocycles. The largest absolute Gasteiger partial charge is 0.465 e. The Balaban J connectivity index is 0.00000112. The molecule has 6 heteroatoms. The number of ether oxygens (including phenoxy) is 1. The smallest absolute Gasteiger partial charge is 0.339 e. The highest BCUT2D eigenvalue weighted by Crippen LogP contribution is 2.13. The molecule has 0 fully saturated rings. The van der Waals surface area contributed by atoms with Gasteiger partial charge in [0.05, 0.1) is 18.4 Å². The quantitative estimate of drug-likeness (QED) is 0.779. The average molecular weight is 265 g/mol. The van der Waals surface area contributed by atoms with E-state index in [0.29, 0.717) is 5.56 Å². The monoisotopic (exact) mass is 264 g/mol. The number of halogens is 2. The Morgan fingerprint density at radius 2 is 2.25 bits per heavy atom. The highest BCUT2D eigenvalue weighted by atomic mass is 35.5. The van der Waals surface area contributed by atoms with Crippen LogP contribution >= 0.6 is 24.8 Å². The molecule has 4 nitrogen and oxygen atoms in total. The van der Waals surface area contributed by atoms with Gasteiger partial charge in [-0.3, -0.25) is 4.98 Å². The number of pyridine rings is 1. The first-order chi connectivity index (χ1) is 6.81. The van der Waals surface area contributed by atoms with Crippen molar-refractivity contribution in [2.75, 3.05) is 13.7 Å². The molecule has 2 heterocycles. The number of rotatable bonds is 1. The molecule has 1 aliphatic heterocycles. The van der Waals surface area contributed by atoms with Crippen molar-refractivity contribution in [2.45, 2.75) is 13.0 Å². The van der Waals surface area contributed by atoms with Crippen molar-refractivity contribution in [1.82, 2.24) is 10.3 Å². The predicted molar refractivity (Wildman–Crippen MR) is 65.5 cm³/mol. The lowest BCUT2D eigenvalue weighted by Crippen LogP contribution is -2.25. The van der Waals surface area contributed by atoms with Crippen molar-refractivity contribution in [3.63, 3.8) is 0 Å². The average Bonchev–Trinajstić information content (AvgIpc) is 2.27. The third-order valence-corrected chi connectivity index (χ3v) is 2.34. The summed E-state index contributed by atoms with van der Waals surface area (Å²) in [6, 6.07) is 1.87. The zero-order chi connectivity index (χ0) is 9.97. The van der Waals surface area contributed by atoms with Crippen LogP contribution in [0.25, 0.3) is 0 Å². The van der Waals surface area contributed by atoms with Gasteiger partial charge in [0.2, 0.25) is 0 Å². The molecule has 0 radical (unpaired) electrons. The number of aromatic nitrogens is 1. The summed E-state index contributed by atoms with van der Waals surface area (Å²) in [5.41, 5.74) is 2.71. The summed E-state index contributed by atoms with van der Waals surface area (Å²) in [7, 11) is 1.38. The molecule has 0 spiro atoms. The Morgan fingerprint density at radius 3 is 2.94 bits per heavy atom. The van der Waals surface area contributed by atoms with Gasteiger partial charge in [-0.2, -0.15) is 0 Å². The van der Waals surface area contributed by atoms with Gasteiger partial charge in [0.1, 0.15) is 0 Å². The highest BCUT2D eigenvalue weighted by molar-refractivity contribution is 5.89. The zero-order valence-corrected chi connectivity index (χ0v) is 10.5. The Morgan fingerprint density at radius 1 is 1.50 bits per heavy atom. The first-order valence-electron chi connectivity index (χ1n) is 4.58.